The van der Waals surface area contributed by atoms with Crippen molar-refractivity contribution in [2.45, 2.75) is 39.5 Å². The lowest BCUT2D eigenvalue weighted by molar-refractivity contribution is -0.125. The van der Waals surface area contributed by atoms with Crippen LogP contribution in [0.2, 0.25) is 0 Å². The van der Waals surface area contributed by atoms with Gasteiger partial charge in [-0.2, -0.15) is 10.2 Å². The van der Waals surface area contributed by atoms with Gasteiger partial charge in [-0.3, -0.25) is 4.79 Å². The molecule has 0 aliphatic carbocycles. The second-order valence-corrected chi connectivity index (χ2v) is 9.69. The molecule has 5 rings (SSSR count). The lowest BCUT2D eigenvalue weighted by Crippen LogP contribution is -2.43. The number of piperidine rings is 1. The number of carbonyl (C=O) groups excluding carboxylic acids is 1. The molecule has 1 aliphatic rings. The molecule has 192 valence electrons. The fourth-order valence-electron chi connectivity index (χ4n) is 5.18. The summed E-state index contributed by atoms with van der Waals surface area (Å²) < 4.78 is 7.24. The predicted octanol–water partition coefficient (Wildman–Crippen LogP) is 4.41. The molecule has 37 heavy (non-hydrogen) atoms. The summed E-state index contributed by atoms with van der Waals surface area (Å²) >= 11 is 0. The van der Waals surface area contributed by atoms with Crippen LogP contribution in [0.5, 0.6) is 5.75 Å². The number of aryl methyl sites for hydroxylation is 3. The van der Waals surface area contributed by atoms with E-state index >= 15 is 0 Å². The largest absolute Gasteiger partial charge is 0.497 e. The van der Waals surface area contributed by atoms with Gasteiger partial charge in [-0.1, -0.05) is 30.3 Å². The zero-order valence-electron chi connectivity index (χ0n) is 21.8. The Hall–Kier alpha value is -3.94. The van der Waals surface area contributed by atoms with Crippen molar-refractivity contribution in [3.63, 3.8) is 0 Å². The van der Waals surface area contributed by atoms with Crippen molar-refractivity contribution in [2.75, 3.05) is 31.6 Å². The van der Waals surface area contributed by atoms with Crippen LogP contribution in [0.25, 0.3) is 16.6 Å². The highest BCUT2D eigenvalue weighted by molar-refractivity contribution is 5.92. The van der Waals surface area contributed by atoms with Gasteiger partial charge in [0.1, 0.15) is 11.3 Å². The van der Waals surface area contributed by atoms with E-state index in [9.17, 15) is 4.79 Å². The van der Waals surface area contributed by atoms with E-state index < -0.39 is 0 Å². The summed E-state index contributed by atoms with van der Waals surface area (Å²) in [6, 6.07) is 18.2. The van der Waals surface area contributed by atoms with Crippen molar-refractivity contribution >= 4 is 22.6 Å². The molecule has 1 atom stereocenters. The molecule has 3 heterocycles. The van der Waals surface area contributed by atoms with E-state index in [0.717, 1.165) is 71.8 Å². The van der Waals surface area contributed by atoms with Gasteiger partial charge in [0.05, 0.1) is 35.5 Å². The van der Waals surface area contributed by atoms with E-state index in [1.54, 1.807) is 7.11 Å². The maximum atomic E-state index is 13.0. The van der Waals surface area contributed by atoms with Gasteiger partial charge in [-0.25, -0.2) is 4.68 Å². The number of fused-ring (bicyclic) bond motifs is 1. The molecule has 2 aromatic heterocycles. The number of nitrogens with zero attached hydrogens (tertiary/aromatic N) is 5. The molecule has 1 fully saturated rings. The highest BCUT2D eigenvalue weighted by Gasteiger charge is 2.29. The van der Waals surface area contributed by atoms with Crippen LogP contribution in [-0.2, 0) is 11.2 Å². The molecule has 2 aromatic carbocycles. The van der Waals surface area contributed by atoms with Crippen LogP contribution in [-0.4, -0.2) is 52.6 Å². The Morgan fingerprint density at radius 1 is 1.08 bits per heavy atom. The third kappa shape index (κ3) is 5.28. The van der Waals surface area contributed by atoms with Gasteiger partial charge >= 0.3 is 0 Å². The van der Waals surface area contributed by atoms with Gasteiger partial charge in [0.15, 0.2) is 5.82 Å². The Morgan fingerprint density at radius 3 is 2.62 bits per heavy atom. The van der Waals surface area contributed by atoms with E-state index in [4.69, 9.17) is 9.84 Å². The molecular formula is C29H34N6O2. The summed E-state index contributed by atoms with van der Waals surface area (Å²) in [6.07, 6.45) is 3.70. The molecule has 1 N–H and O–H groups in total. The van der Waals surface area contributed by atoms with Gasteiger partial charge in [-0.05, 0) is 69.4 Å². The maximum Gasteiger partial charge on any atom is 0.224 e. The molecule has 1 aliphatic heterocycles. The molecule has 0 radical (unpaired) electrons. The minimum absolute atomic E-state index is 0.0756. The number of ether oxygens (including phenoxy) is 1. The number of amides is 1. The molecule has 0 unspecified atom stereocenters. The molecule has 0 bridgehead atoms. The van der Waals surface area contributed by atoms with Crippen LogP contribution < -0.4 is 15.0 Å². The first-order valence-corrected chi connectivity index (χ1v) is 13.0. The lowest BCUT2D eigenvalue weighted by Gasteiger charge is -2.32. The van der Waals surface area contributed by atoms with Crippen LogP contribution in [0.4, 0.5) is 5.82 Å². The Balaban J connectivity index is 1.31. The van der Waals surface area contributed by atoms with E-state index in [1.807, 2.05) is 41.9 Å². The lowest BCUT2D eigenvalue weighted by atomic mass is 9.97. The number of rotatable bonds is 8. The summed E-state index contributed by atoms with van der Waals surface area (Å²) in [5.74, 6) is 1.59. The topological polar surface area (TPSA) is 85.2 Å². The van der Waals surface area contributed by atoms with Gasteiger partial charge in [-0.15, -0.1) is 5.10 Å². The summed E-state index contributed by atoms with van der Waals surface area (Å²) in [5, 5.41) is 18.2. The van der Waals surface area contributed by atoms with Crippen LogP contribution in [0.15, 0.2) is 54.6 Å². The maximum absolute atomic E-state index is 13.0. The molecule has 4 aromatic rings. The fraction of sp³-hybridized carbons (Fsp3) is 0.379. The zero-order chi connectivity index (χ0) is 25.8. The summed E-state index contributed by atoms with van der Waals surface area (Å²) in [5.41, 5.74) is 4.93. The van der Waals surface area contributed by atoms with Gasteiger partial charge in [0, 0.05) is 19.6 Å². The average molecular weight is 499 g/mol. The average Bonchev–Trinajstić information content (AvgIpc) is 3.29. The smallest absolute Gasteiger partial charge is 0.224 e. The minimum Gasteiger partial charge on any atom is -0.497 e. The normalized spacial score (nSPS) is 15.6. The van der Waals surface area contributed by atoms with Crippen LogP contribution in [0.1, 0.15) is 36.2 Å². The number of nitrogens with one attached hydrogen (secondary N) is 1. The van der Waals surface area contributed by atoms with Gasteiger partial charge < -0.3 is 15.0 Å². The monoisotopic (exact) mass is 498 g/mol. The van der Waals surface area contributed by atoms with Crippen molar-refractivity contribution in [2.24, 2.45) is 5.92 Å². The summed E-state index contributed by atoms with van der Waals surface area (Å²) in [4.78, 5) is 15.2. The number of hydrogen-bond acceptors (Lipinski definition) is 6. The minimum atomic E-state index is -0.0756. The van der Waals surface area contributed by atoms with Crippen molar-refractivity contribution in [1.82, 2.24) is 25.3 Å². The standard InChI is InChI=1S/C29H34N6O2/c1-20-26-21(2)35(24-13-15-25(37-3)16-14-24)33-27(26)28(32-31-20)34-18-8-12-23(19-34)29(36)30-17-7-11-22-9-5-4-6-10-22/h4-6,9-10,13-16,23H,7-8,11-12,17-19H2,1-3H3,(H,30,36)/t23-/m1/s1. The first-order valence-electron chi connectivity index (χ1n) is 13.0. The molecule has 1 amide bonds. The number of anilines is 1. The van der Waals surface area contributed by atoms with Crippen molar-refractivity contribution < 1.29 is 9.53 Å². The number of methoxy groups -OCH3 is 1. The fourth-order valence-corrected chi connectivity index (χ4v) is 5.18. The number of aromatic nitrogens is 4. The quantitative estimate of drug-likeness (QED) is 0.362. The second-order valence-electron chi connectivity index (χ2n) is 9.69. The molecule has 0 saturated carbocycles. The molecule has 1 saturated heterocycles. The van der Waals surface area contributed by atoms with E-state index in [-0.39, 0.29) is 11.8 Å². The summed E-state index contributed by atoms with van der Waals surface area (Å²) in [7, 11) is 1.66. The number of carbonyl (C=O) groups is 1. The third-order valence-electron chi connectivity index (χ3n) is 7.18. The predicted molar refractivity (Wildman–Crippen MR) is 145 cm³/mol. The Bertz CT molecular complexity index is 1370. The summed E-state index contributed by atoms with van der Waals surface area (Å²) in [6.45, 7) is 6.16. The zero-order valence-corrected chi connectivity index (χ0v) is 21.8. The number of hydrogen-bond donors (Lipinski definition) is 1. The Morgan fingerprint density at radius 2 is 1.86 bits per heavy atom. The molecular weight excluding hydrogens is 464 g/mol. The first kappa shape index (κ1) is 24.7. The number of benzene rings is 2. The molecule has 8 nitrogen and oxygen atoms in total. The van der Waals surface area contributed by atoms with Crippen LogP contribution in [0.3, 0.4) is 0 Å². The van der Waals surface area contributed by atoms with Crippen molar-refractivity contribution in [1.29, 1.82) is 0 Å². The Labute approximate surface area is 217 Å². The van der Waals surface area contributed by atoms with Crippen LogP contribution in [0, 0.1) is 19.8 Å². The van der Waals surface area contributed by atoms with E-state index in [1.165, 1.54) is 5.56 Å². The molecule has 0 spiro atoms. The van der Waals surface area contributed by atoms with Crippen molar-refractivity contribution in [3.05, 3.63) is 71.5 Å². The Kier molecular flexibility index (Phi) is 7.35. The first-order chi connectivity index (χ1) is 18.0. The highest BCUT2D eigenvalue weighted by Crippen LogP contribution is 2.32. The third-order valence-corrected chi connectivity index (χ3v) is 7.18. The highest BCUT2D eigenvalue weighted by atomic mass is 16.5. The van der Waals surface area contributed by atoms with Gasteiger partial charge in [0.2, 0.25) is 5.91 Å². The van der Waals surface area contributed by atoms with E-state index in [2.05, 4.69) is 51.6 Å². The SMILES string of the molecule is COc1ccc(-n2nc3c(N4CCC[C@@H](C(=O)NCCCc5ccccc5)C4)nnc(C)c3c2C)cc1. The van der Waals surface area contributed by atoms with Crippen molar-refractivity contribution in [3.8, 4) is 11.4 Å². The van der Waals surface area contributed by atoms with Crippen LogP contribution >= 0.6 is 0 Å². The molecule has 8 heteroatoms. The van der Waals surface area contributed by atoms with Gasteiger partial charge in [0.25, 0.3) is 0 Å². The van der Waals surface area contributed by atoms with E-state index in [0.29, 0.717) is 13.1 Å². The second kappa shape index (κ2) is 11.0.